The van der Waals surface area contributed by atoms with Crippen LogP contribution < -0.4 is 5.73 Å². The zero-order valence-corrected chi connectivity index (χ0v) is 25.7. The molecule has 11 heteroatoms. The van der Waals surface area contributed by atoms with E-state index in [1.54, 1.807) is 17.8 Å². The quantitative estimate of drug-likeness (QED) is 0.0950. The second-order valence-electron chi connectivity index (χ2n) is 11.1. The average molecular weight is 592 g/mol. The Kier molecular flexibility index (Phi) is 15.7. The first-order chi connectivity index (χ1) is 19.9. The molecule has 0 bridgehead atoms. The standard InChI is InChI=1S/C30H50N5O5P/c1-26(22-35-24-34-28-29(31)32-23-33-30(28)35)39-25-41(36,37)40-21-15-20-38-19-14-10-8-6-4-2-3-5-7-9-11-16-27-17-12-13-18-27/h23-24,26-27H,2-10,12-15,17-22,25H2,1H3,(H,36,37)(H2,31,32,33)/t26-/m1/s1. The number of hydrogen-bond acceptors (Lipinski definition) is 8. The van der Waals surface area contributed by atoms with Crippen molar-refractivity contribution in [1.82, 2.24) is 19.5 Å². The summed E-state index contributed by atoms with van der Waals surface area (Å²) in [6, 6.07) is 0. The number of rotatable bonds is 21. The number of nitrogen functional groups attached to an aromatic ring is 1. The van der Waals surface area contributed by atoms with Crippen molar-refractivity contribution >= 4 is 24.6 Å². The van der Waals surface area contributed by atoms with Crippen LogP contribution in [0.25, 0.3) is 11.2 Å². The first kappa shape index (κ1) is 33.5. The van der Waals surface area contributed by atoms with E-state index >= 15 is 0 Å². The van der Waals surface area contributed by atoms with Gasteiger partial charge in [-0.25, -0.2) is 15.0 Å². The zero-order valence-electron chi connectivity index (χ0n) is 24.8. The lowest BCUT2D eigenvalue weighted by atomic mass is 10.1. The summed E-state index contributed by atoms with van der Waals surface area (Å²) in [4.78, 5) is 22.4. The van der Waals surface area contributed by atoms with Gasteiger partial charge in [0.15, 0.2) is 11.5 Å². The Bertz CT molecular complexity index is 1110. The monoisotopic (exact) mass is 591 g/mol. The highest BCUT2D eigenvalue weighted by atomic mass is 31.2. The van der Waals surface area contributed by atoms with Crippen molar-refractivity contribution in [3.8, 4) is 11.8 Å². The van der Waals surface area contributed by atoms with Crippen molar-refractivity contribution in [2.24, 2.45) is 5.92 Å². The summed E-state index contributed by atoms with van der Waals surface area (Å²) in [5.41, 5.74) is 6.92. The third-order valence-corrected chi connectivity index (χ3v) is 8.44. The first-order valence-electron chi connectivity index (χ1n) is 15.5. The molecule has 230 valence electrons. The van der Waals surface area contributed by atoms with Crippen LogP contribution in [-0.4, -0.2) is 56.7 Å². The molecule has 2 heterocycles. The lowest BCUT2D eigenvalue weighted by Crippen LogP contribution is -2.17. The Labute approximate surface area is 245 Å². The molecule has 0 amide bonds. The topological polar surface area (TPSA) is 135 Å². The average Bonchev–Trinajstić information content (AvgIpc) is 3.62. The molecule has 10 nitrogen and oxygen atoms in total. The van der Waals surface area contributed by atoms with Gasteiger partial charge in [-0.15, -0.1) is 5.92 Å². The van der Waals surface area contributed by atoms with E-state index in [1.807, 2.05) is 0 Å². The summed E-state index contributed by atoms with van der Waals surface area (Å²) in [5, 5.41) is 0. The normalized spacial score (nSPS) is 16.0. The van der Waals surface area contributed by atoms with Crippen molar-refractivity contribution in [2.45, 2.75) is 116 Å². The lowest BCUT2D eigenvalue weighted by Gasteiger charge is -2.17. The molecule has 0 aromatic carbocycles. The highest BCUT2D eigenvalue weighted by molar-refractivity contribution is 7.52. The van der Waals surface area contributed by atoms with Gasteiger partial charge in [-0.2, -0.15) is 0 Å². The van der Waals surface area contributed by atoms with E-state index in [2.05, 4.69) is 26.8 Å². The molecule has 2 aromatic rings. The van der Waals surface area contributed by atoms with Gasteiger partial charge in [-0.3, -0.25) is 4.57 Å². The molecule has 2 aromatic heterocycles. The van der Waals surface area contributed by atoms with Crippen LogP contribution in [0.5, 0.6) is 0 Å². The minimum Gasteiger partial charge on any atom is -0.382 e. The SMILES string of the molecule is C[C@H](Cn1cnc2c(N)ncnc21)OCP(=O)(O)OCCCOCCCCCCCCCCCC#CC1CCCC1. The Morgan fingerprint density at radius 3 is 2.44 bits per heavy atom. The Hall–Kier alpha value is -2.02. The molecule has 3 rings (SSSR count). The largest absolute Gasteiger partial charge is 0.382 e. The summed E-state index contributed by atoms with van der Waals surface area (Å²) in [6.07, 6.45) is 20.6. The minimum atomic E-state index is -3.84. The van der Waals surface area contributed by atoms with Crippen LogP contribution in [0.4, 0.5) is 5.82 Å². The highest BCUT2D eigenvalue weighted by Crippen LogP contribution is 2.42. The molecule has 0 aliphatic heterocycles. The van der Waals surface area contributed by atoms with Crippen molar-refractivity contribution < 1.29 is 23.5 Å². The predicted octanol–water partition coefficient (Wildman–Crippen LogP) is 6.47. The van der Waals surface area contributed by atoms with E-state index < -0.39 is 7.60 Å². The van der Waals surface area contributed by atoms with Gasteiger partial charge in [-0.1, -0.05) is 63.7 Å². The molecular formula is C30H50N5O5P. The number of imidazole rings is 1. The molecule has 3 N–H and O–H groups in total. The summed E-state index contributed by atoms with van der Waals surface area (Å²) < 4.78 is 30.5. The maximum atomic E-state index is 12.3. The van der Waals surface area contributed by atoms with Crippen molar-refractivity contribution in [1.29, 1.82) is 0 Å². The number of anilines is 1. The number of nitrogens with two attached hydrogens (primary N) is 1. The molecule has 1 unspecified atom stereocenters. The summed E-state index contributed by atoms with van der Waals surface area (Å²) in [5.74, 6) is 7.85. The van der Waals surface area contributed by atoms with Gasteiger partial charge in [0.25, 0.3) is 0 Å². The smallest absolute Gasteiger partial charge is 0.353 e. The number of aromatic nitrogens is 4. The lowest BCUT2D eigenvalue weighted by molar-refractivity contribution is 0.0688. The van der Waals surface area contributed by atoms with Gasteiger partial charge in [0.2, 0.25) is 0 Å². The summed E-state index contributed by atoms with van der Waals surface area (Å²) >= 11 is 0. The Morgan fingerprint density at radius 2 is 1.68 bits per heavy atom. The van der Waals surface area contributed by atoms with Gasteiger partial charge < -0.3 is 29.2 Å². The van der Waals surface area contributed by atoms with Gasteiger partial charge in [-0.05, 0) is 39.0 Å². The molecule has 0 spiro atoms. The zero-order chi connectivity index (χ0) is 29.2. The number of unbranched alkanes of at least 4 members (excludes halogenated alkanes) is 9. The number of ether oxygens (including phenoxy) is 2. The third kappa shape index (κ3) is 13.7. The molecule has 1 aliphatic rings. The van der Waals surface area contributed by atoms with E-state index in [9.17, 15) is 9.46 Å². The number of hydrogen-bond donors (Lipinski definition) is 2. The van der Waals surface area contributed by atoms with Crippen LogP contribution in [0.15, 0.2) is 12.7 Å². The molecule has 1 saturated carbocycles. The van der Waals surface area contributed by atoms with Crippen LogP contribution in [0.2, 0.25) is 0 Å². The second-order valence-corrected chi connectivity index (χ2v) is 12.9. The first-order valence-corrected chi connectivity index (χ1v) is 17.3. The van der Waals surface area contributed by atoms with Crippen LogP contribution >= 0.6 is 7.60 Å². The minimum absolute atomic E-state index is 0.154. The molecule has 1 aliphatic carbocycles. The van der Waals surface area contributed by atoms with E-state index in [1.165, 1.54) is 83.4 Å². The van der Waals surface area contributed by atoms with Crippen LogP contribution in [0, 0.1) is 17.8 Å². The van der Waals surface area contributed by atoms with Gasteiger partial charge >= 0.3 is 7.60 Å². The van der Waals surface area contributed by atoms with E-state index in [-0.39, 0.29) is 19.1 Å². The molecule has 41 heavy (non-hydrogen) atoms. The highest BCUT2D eigenvalue weighted by Gasteiger charge is 2.21. The Morgan fingerprint density at radius 1 is 1.00 bits per heavy atom. The van der Waals surface area contributed by atoms with Crippen LogP contribution in [0.3, 0.4) is 0 Å². The molecule has 0 saturated heterocycles. The van der Waals surface area contributed by atoms with Crippen molar-refractivity contribution in [3.63, 3.8) is 0 Å². The van der Waals surface area contributed by atoms with E-state index in [0.717, 1.165) is 19.4 Å². The van der Waals surface area contributed by atoms with Crippen LogP contribution in [0.1, 0.15) is 103 Å². The van der Waals surface area contributed by atoms with Gasteiger partial charge in [0.1, 0.15) is 18.2 Å². The fourth-order valence-corrected chi connectivity index (χ4v) is 5.96. The Balaban J connectivity index is 1.08. The predicted molar refractivity (Wildman–Crippen MR) is 162 cm³/mol. The van der Waals surface area contributed by atoms with Crippen LogP contribution in [-0.2, 0) is 25.1 Å². The summed E-state index contributed by atoms with van der Waals surface area (Å²) in [7, 11) is -3.84. The van der Waals surface area contributed by atoms with Gasteiger partial charge in [0.05, 0.1) is 25.6 Å². The van der Waals surface area contributed by atoms with Crippen molar-refractivity contribution in [2.75, 3.05) is 31.9 Å². The van der Waals surface area contributed by atoms with E-state index in [0.29, 0.717) is 42.5 Å². The molecule has 2 atom stereocenters. The maximum absolute atomic E-state index is 12.3. The fourth-order valence-electron chi connectivity index (χ4n) is 5.03. The molecule has 1 fully saturated rings. The second kappa shape index (κ2) is 19.2. The van der Waals surface area contributed by atoms with E-state index in [4.69, 9.17) is 19.7 Å². The van der Waals surface area contributed by atoms with Crippen molar-refractivity contribution in [3.05, 3.63) is 12.7 Å². The number of nitrogens with zero attached hydrogens (tertiary/aromatic N) is 4. The molecule has 0 radical (unpaired) electrons. The fraction of sp³-hybridized carbons (Fsp3) is 0.767. The summed E-state index contributed by atoms with van der Waals surface area (Å²) in [6.45, 7) is 3.60. The number of fused-ring (bicyclic) bond motifs is 1. The third-order valence-electron chi connectivity index (χ3n) is 7.38. The van der Waals surface area contributed by atoms with Gasteiger partial charge in [0, 0.05) is 25.6 Å². The molecular weight excluding hydrogens is 541 g/mol. The maximum Gasteiger partial charge on any atom is 0.353 e.